The Kier molecular flexibility index (Phi) is 3.40. The fourth-order valence-corrected chi connectivity index (χ4v) is 1.76. The molecule has 0 radical (unpaired) electrons. The molecule has 1 saturated heterocycles. The molecule has 1 atom stereocenters. The van der Waals surface area contributed by atoms with E-state index in [0.29, 0.717) is 19.4 Å². The van der Waals surface area contributed by atoms with Crippen LogP contribution in [0, 0.1) is 5.82 Å². The summed E-state index contributed by atoms with van der Waals surface area (Å²) in [5.41, 5.74) is -0.424. The van der Waals surface area contributed by atoms with Crippen molar-refractivity contribution in [1.29, 1.82) is 0 Å². The van der Waals surface area contributed by atoms with E-state index in [2.05, 4.69) is 15.6 Å². The molecule has 1 aliphatic rings. The second kappa shape index (κ2) is 4.99. The molecule has 1 aromatic heterocycles. The summed E-state index contributed by atoms with van der Waals surface area (Å²) < 4.78 is 13.8. The van der Waals surface area contributed by atoms with Crippen molar-refractivity contribution in [3.05, 3.63) is 23.6 Å². The molecular formula is C11H12FN3O3. The van der Waals surface area contributed by atoms with Crippen molar-refractivity contribution in [3.8, 4) is 0 Å². The molecule has 0 aromatic carbocycles. The quantitative estimate of drug-likeness (QED) is 0.734. The Morgan fingerprint density at radius 1 is 1.61 bits per heavy atom. The summed E-state index contributed by atoms with van der Waals surface area (Å²) in [4.78, 5) is 25.5. The second-order valence-electron chi connectivity index (χ2n) is 4.01. The Bertz CT molecular complexity index is 482. The lowest BCUT2D eigenvalue weighted by atomic mass is 10.1. The Hall–Kier alpha value is -2.18. The van der Waals surface area contributed by atoms with E-state index in [1.54, 1.807) is 0 Å². The third-order valence-corrected chi connectivity index (χ3v) is 2.73. The van der Waals surface area contributed by atoms with Gasteiger partial charge >= 0.3 is 5.97 Å². The molecule has 18 heavy (non-hydrogen) atoms. The van der Waals surface area contributed by atoms with Gasteiger partial charge in [-0.2, -0.15) is 0 Å². The van der Waals surface area contributed by atoms with Crippen LogP contribution in [0.5, 0.6) is 0 Å². The highest BCUT2D eigenvalue weighted by molar-refractivity contribution is 5.88. The first-order valence-corrected chi connectivity index (χ1v) is 5.49. The number of carbonyl (C=O) groups is 2. The zero-order chi connectivity index (χ0) is 13.1. The second-order valence-corrected chi connectivity index (χ2v) is 4.01. The van der Waals surface area contributed by atoms with Crippen LogP contribution in [0.3, 0.4) is 0 Å². The summed E-state index contributed by atoms with van der Waals surface area (Å²) in [6, 6.07) is 0.958. The van der Waals surface area contributed by atoms with Gasteiger partial charge < -0.3 is 15.7 Å². The zero-order valence-corrected chi connectivity index (χ0v) is 9.44. The van der Waals surface area contributed by atoms with Gasteiger partial charge in [-0.1, -0.05) is 0 Å². The van der Waals surface area contributed by atoms with Gasteiger partial charge in [0.15, 0.2) is 11.6 Å². The van der Waals surface area contributed by atoms with Gasteiger partial charge in [0.1, 0.15) is 5.56 Å². The Labute approximate surface area is 102 Å². The van der Waals surface area contributed by atoms with Crippen LogP contribution in [0.15, 0.2) is 12.3 Å². The van der Waals surface area contributed by atoms with E-state index >= 15 is 0 Å². The standard InChI is InChI=1S/C11H12FN3O3/c12-9-7(11(17)18)3-4-13-10(9)15-6-1-2-8(16)14-5-6/h3-4,6H,1-2,5H2,(H,13,15)(H,14,16)(H,17,18). The summed E-state index contributed by atoms with van der Waals surface area (Å²) in [5, 5.41) is 14.2. The van der Waals surface area contributed by atoms with Crippen LogP contribution in [0.2, 0.25) is 0 Å². The molecule has 0 aliphatic carbocycles. The van der Waals surface area contributed by atoms with Crippen molar-refractivity contribution in [2.24, 2.45) is 0 Å². The van der Waals surface area contributed by atoms with Gasteiger partial charge in [-0.25, -0.2) is 14.2 Å². The number of halogens is 1. The number of nitrogens with one attached hydrogen (secondary N) is 2. The van der Waals surface area contributed by atoms with Gasteiger partial charge in [0.05, 0.1) is 0 Å². The number of amides is 1. The Morgan fingerprint density at radius 3 is 3.00 bits per heavy atom. The number of aromatic nitrogens is 1. The van der Waals surface area contributed by atoms with Gasteiger partial charge in [-0.15, -0.1) is 0 Å². The number of pyridine rings is 1. The predicted molar refractivity (Wildman–Crippen MR) is 60.8 cm³/mol. The lowest BCUT2D eigenvalue weighted by Crippen LogP contribution is -2.42. The lowest BCUT2D eigenvalue weighted by molar-refractivity contribution is -0.122. The summed E-state index contributed by atoms with van der Waals surface area (Å²) in [6.45, 7) is 0.372. The first-order valence-electron chi connectivity index (χ1n) is 5.49. The van der Waals surface area contributed by atoms with Crippen LogP contribution in [0.1, 0.15) is 23.2 Å². The van der Waals surface area contributed by atoms with E-state index in [-0.39, 0.29) is 17.8 Å². The van der Waals surface area contributed by atoms with Crippen molar-refractivity contribution in [3.63, 3.8) is 0 Å². The van der Waals surface area contributed by atoms with E-state index in [1.165, 1.54) is 6.20 Å². The minimum absolute atomic E-state index is 0.0410. The molecule has 1 amide bonds. The van der Waals surface area contributed by atoms with Gasteiger partial charge in [-0.3, -0.25) is 4.79 Å². The smallest absolute Gasteiger partial charge is 0.338 e. The number of aromatic carboxylic acids is 1. The minimum atomic E-state index is -1.34. The molecule has 96 valence electrons. The molecule has 0 saturated carbocycles. The Balaban J connectivity index is 2.12. The highest BCUT2D eigenvalue weighted by Gasteiger charge is 2.21. The van der Waals surface area contributed by atoms with Crippen LogP contribution in [-0.2, 0) is 4.79 Å². The normalized spacial score (nSPS) is 19.2. The molecule has 1 fully saturated rings. The minimum Gasteiger partial charge on any atom is -0.478 e. The van der Waals surface area contributed by atoms with Crippen molar-refractivity contribution in [1.82, 2.24) is 10.3 Å². The zero-order valence-electron chi connectivity index (χ0n) is 9.44. The molecule has 0 spiro atoms. The van der Waals surface area contributed by atoms with Gasteiger partial charge in [0.25, 0.3) is 0 Å². The number of anilines is 1. The number of hydrogen-bond acceptors (Lipinski definition) is 4. The number of hydrogen-bond donors (Lipinski definition) is 3. The van der Waals surface area contributed by atoms with Crippen molar-refractivity contribution in [2.45, 2.75) is 18.9 Å². The molecule has 3 N–H and O–H groups in total. The number of carbonyl (C=O) groups excluding carboxylic acids is 1. The van der Waals surface area contributed by atoms with Gasteiger partial charge in [0.2, 0.25) is 5.91 Å². The first kappa shape index (κ1) is 12.3. The number of nitrogens with zero attached hydrogens (tertiary/aromatic N) is 1. The van der Waals surface area contributed by atoms with Gasteiger partial charge in [0, 0.05) is 25.2 Å². The predicted octanol–water partition coefficient (Wildman–Crippen LogP) is 0.609. The SMILES string of the molecule is O=C1CCC(Nc2nccc(C(=O)O)c2F)CN1. The van der Waals surface area contributed by atoms with Crippen LogP contribution in [-0.4, -0.2) is 34.6 Å². The maximum absolute atomic E-state index is 13.8. The fourth-order valence-electron chi connectivity index (χ4n) is 1.76. The summed E-state index contributed by atoms with van der Waals surface area (Å²) in [6.07, 6.45) is 2.15. The number of piperidine rings is 1. The number of rotatable bonds is 3. The molecule has 7 heteroatoms. The van der Waals surface area contributed by atoms with Crippen molar-refractivity contribution in [2.75, 3.05) is 11.9 Å². The summed E-state index contributed by atoms with van der Waals surface area (Å²) in [7, 11) is 0. The highest BCUT2D eigenvalue weighted by atomic mass is 19.1. The van der Waals surface area contributed by atoms with Gasteiger partial charge in [-0.05, 0) is 12.5 Å². The van der Waals surface area contributed by atoms with E-state index in [4.69, 9.17) is 5.11 Å². The van der Waals surface area contributed by atoms with E-state index in [9.17, 15) is 14.0 Å². The maximum atomic E-state index is 13.8. The molecule has 1 aromatic rings. The molecule has 6 nitrogen and oxygen atoms in total. The third-order valence-electron chi connectivity index (χ3n) is 2.73. The first-order chi connectivity index (χ1) is 8.58. The maximum Gasteiger partial charge on any atom is 0.338 e. The summed E-state index contributed by atoms with van der Waals surface area (Å²) in [5.74, 6) is -2.37. The molecule has 1 aliphatic heterocycles. The van der Waals surface area contributed by atoms with Crippen LogP contribution in [0.4, 0.5) is 10.2 Å². The molecule has 0 bridgehead atoms. The third kappa shape index (κ3) is 2.55. The fraction of sp³-hybridized carbons (Fsp3) is 0.364. The van der Waals surface area contributed by atoms with Crippen LogP contribution in [0.25, 0.3) is 0 Å². The average molecular weight is 253 g/mol. The topological polar surface area (TPSA) is 91.3 Å². The Morgan fingerprint density at radius 2 is 2.39 bits per heavy atom. The van der Waals surface area contributed by atoms with Crippen LogP contribution < -0.4 is 10.6 Å². The average Bonchev–Trinajstić information content (AvgIpc) is 2.34. The molecular weight excluding hydrogens is 241 g/mol. The number of carboxylic acid groups (broad SMARTS) is 1. The van der Waals surface area contributed by atoms with Crippen molar-refractivity contribution < 1.29 is 19.1 Å². The largest absolute Gasteiger partial charge is 0.478 e. The van der Waals surface area contributed by atoms with E-state index < -0.39 is 17.3 Å². The lowest BCUT2D eigenvalue weighted by Gasteiger charge is -2.24. The molecule has 2 rings (SSSR count). The molecule has 1 unspecified atom stereocenters. The highest BCUT2D eigenvalue weighted by Crippen LogP contribution is 2.17. The van der Waals surface area contributed by atoms with E-state index in [0.717, 1.165) is 6.07 Å². The van der Waals surface area contributed by atoms with E-state index in [1.807, 2.05) is 0 Å². The molecule has 2 heterocycles. The van der Waals surface area contributed by atoms with Crippen molar-refractivity contribution >= 4 is 17.7 Å². The summed E-state index contributed by atoms with van der Waals surface area (Å²) >= 11 is 0. The number of carboxylic acids is 1. The monoisotopic (exact) mass is 253 g/mol. The van der Waals surface area contributed by atoms with Crippen LogP contribution >= 0.6 is 0 Å².